The normalized spacial score (nSPS) is 7.86. The van der Waals surface area contributed by atoms with Crippen molar-refractivity contribution in [1.29, 1.82) is 0 Å². The molecule has 0 aromatic carbocycles. The van der Waals surface area contributed by atoms with Crippen molar-refractivity contribution < 1.29 is 5.11 Å². The first kappa shape index (κ1) is 19.2. The number of aliphatic hydroxyl groups excluding tert-OH is 1. The fourth-order valence-corrected chi connectivity index (χ4v) is 0.637. The van der Waals surface area contributed by atoms with Gasteiger partial charge in [0.1, 0.15) is 0 Å². The Balaban J connectivity index is -0.000000376. The highest BCUT2D eigenvalue weighted by molar-refractivity contribution is 5.85. The lowest BCUT2D eigenvalue weighted by Gasteiger charge is -2.05. The summed E-state index contributed by atoms with van der Waals surface area (Å²) < 4.78 is 0. The fraction of sp³-hybridized carbons (Fsp3) is 0.889. The van der Waals surface area contributed by atoms with E-state index in [1.165, 1.54) is 0 Å². The van der Waals surface area contributed by atoms with Gasteiger partial charge in [-0.2, -0.15) is 0 Å². The van der Waals surface area contributed by atoms with Crippen LogP contribution in [0.1, 0.15) is 13.3 Å². The van der Waals surface area contributed by atoms with Crippen LogP contribution in [0.3, 0.4) is 0 Å². The van der Waals surface area contributed by atoms with Crippen LogP contribution in [-0.4, -0.2) is 56.9 Å². The Kier molecular flexibility index (Phi) is 25.2. The molecule has 0 heterocycles. The topological polar surface area (TPSA) is 48.2 Å². The molecule has 0 spiro atoms. The lowest BCUT2D eigenvalue weighted by Crippen LogP contribution is -2.13. The Morgan fingerprint density at radius 3 is 2.21 bits per heavy atom. The van der Waals surface area contributed by atoms with Crippen LogP contribution in [0, 0.1) is 0 Å². The number of halogens is 1. The maximum Gasteiger partial charge on any atom is 0.0892 e. The predicted molar refractivity (Wildman–Crippen MR) is 63.8 cm³/mol. The molecule has 0 aromatic heterocycles. The van der Waals surface area contributed by atoms with Crippen LogP contribution in [0.5, 0.6) is 0 Å². The average molecular weight is 224 g/mol. The van der Waals surface area contributed by atoms with Gasteiger partial charge in [0.05, 0.1) is 12.6 Å². The Morgan fingerprint density at radius 2 is 1.79 bits per heavy atom. The van der Waals surface area contributed by atoms with Gasteiger partial charge in [0.2, 0.25) is 0 Å². The van der Waals surface area contributed by atoms with Gasteiger partial charge in [-0.15, -0.1) is 12.4 Å². The second kappa shape index (κ2) is 18.4. The Bertz CT molecular complexity index is 145. The van der Waals surface area contributed by atoms with Crippen LogP contribution in [0.25, 0.3) is 0 Å². The van der Waals surface area contributed by atoms with E-state index in [0.717, 1.165) is 33.2 Å². The van der Waals surface area contributed by atoms with Gasteiger partial charge in [-0.05, 0) is 34.0 Å². The molecule has 5 heteroatoms. The molecule has 0 radical (unpaired) electrons. The molecule has 0 bridgehead atoms. The molecule has 0 unspecified atom stereocenters. The quantitative estimate of drug-likeness (QED) is 0.562. The summed E-state index contributed by atoms with van der Waals surface area (Å²) in [5, 5.41) is 7.00. The standard InChI is InChI=1S/C8H17N3.CH4O.ClH/c1-4-9-8-10-6-5-7-11(2)3;1-2;/h4-7H2,1-3H3;2H,1H3;1H. The minimum atomic E-state index is 0. The number of nitrogens with zero attached hydrogens (tertiary/aromatic N) is 3. The third-order valence-corrected chi connectivity index (χ3v) is 1.17. The van der Waals surface area contributed by atoms with Gasteiger partial charge in [-0.1, -0.05) is 0 Å². The van der Waals surface area contributed by atoms with E-state index in [4.69, 9.17) is 5.11 Å². The van der Waals surface area contributed by atoms with E-state index in [9.17, 15) is 0 Å². The van der Waals surface area contributed by atoms with Crippen molar-refractivity contribution in [3.63, 3.8) is 0 Å². The van der Waals surface area contributed by atoms with Gasteiger partial charge in [-0.3, -0.25) is 0 Å². The first-order valence-electron chi connectivity index (χ1n) is 4.44. The van der Waals surface area contributed by atoms with Crippen LogP contribution < -0.4 is 0 Å². The molecule has 0 saturated heterocycles. The molecule has 0 amide bonds. The summed E-state index contributed by atoms with van der Waals surface area (Å²) in [4.78, 5) is 9.99. The summed E-state index contributed by atoms with van der Waals surface area (Å²) in [6.45, 7) is 4.67. The minimum absolute atomic E-state index is 0. The highest BCUT2D eigenvalue weighted by Gasteiger charge is 1.86. The van der Waals surface area contributed by atoms with Gasteiger partial charge in [0, 0.05) is 13.7 Å². The van der Waals surface area contributed by atoms with E-state index in [1.54, 1.807) is 0 Å². The second-order valence-corrected chi connectivity index (χ2v) is 2.61. The van der Waals surface area contributed by atoms with Crippen molar-refractivity contribution in [2.45, 2.75) is 13.3 Å². The molecule has 86 valence electrons. The first-order chi connectivity index (χ1) is 6.27. The zero-order valence-corrected chi connectivity index (χ0v) is 10.3. The summed E-state index contributed by atoms with van der Waals surface area (Å²) >= 11 is 0. The Hall–Kier alpha value is -0.410. The molecule has 0 saturated carbocycles. The maximum absolute atomic E-state index is 7.00. The van der Waals surface area contributed by atoms with E-state index in [1.807, 2.05) is 6.92 Å². The van der Waals surface area contributed by atoms with Crippen LogP contribution in [0.15, 0.2) is 9.98 Å². The van der Waals surface area contributed by atoms with Crippen LogP contribution in [-0.2, 0) is 0 Å². The van der Waals surface area contributed by atoms with Gasteiger partial charge < -0.3 is 10.0 Å². The summed E-state index contributed by atoms with van der Waals surface area (Å²) in [5.41, 5.74) is 0. The fourth-order valence-electron chi connectivity index (χ4n) is 0.637. The summed E-state index contributed by atoms with van der Waals surface area (Å²) in [5.74, 6) is 0. The molecule has 1 N–H and O–H groups in total. The molecule has 0 aliphatic rings. The van der Waals surface area contributed by atoms with Gasteiger partial charge >= 0.3 is 0 Å². The van der Waals surface area contributed by atoms with Crippen LogP contribution >= 0.6 is 12.4 Å². The molecular weight excluding hydrogens is 202 g/mol. The monoisotopic (exact) mass is 223 g/mol. The van der Waals surface area contributed by atoms with Gasteiger partial charge in [0.25, 0.3) is 0 Å². The third-order valence-electron chi connectivity index (χ3n) is 1.17. The zero-order chi connectivity index (χ0) is 10.5. The number of aliphatic imine (C=N–C) groups is 2. The van der Waals surface area contributed by atoms with Gasteiger partial charge in [-0.25, -0.2) is 9.98 Å². The second-order valence-electron chi connectivity index (χ2n) is 2.61. The lowest BCUT2D eigenvalue weighted by molar-refractivity contribution is 0.399. The SMILES string of the molecule is CCN=C=NCCCN(C)C.CO.Cl. The zero-order valence-electron chi connectivity index (χ0n) is 9.53. The van der Waals surface area contributed by atoms with Gasteiger partial charge in [0.15, 0.2) is 0 Å². The first-order valence-corrected chi connectivity index (χ1v) is 4.44. The number of hydrogen-bond donors (Lipinski definition) is 1. The highest BCUT2D eigenvalue weighted by atomic mass is 35.5. The highest BCUT2D eigenvalue weighted by Crippen LogP contribution is 1.82. The van der Waals surface area contributed by atoms with Crippen molar-refractivity contribution >= 4 is 18.4 Å². The molecule has 0 aliphatic carbocycles. The number of aliphatic hydroxyl groups is 1. The van der Waals surface area contributed by atoms with E-state index >= 15 is 0 Å². The van der Waals surface area contributed by atoms with Crippen molar-refractivity contribution in [3.05, 3.63) is 0 Å². The van der Waals surface area contributed by atoms with E-state index in [-0.39, 0.29) is 12.4 Å². The van der Waals surface area contributed by atoms with Crippen LogP contribution in [0.2, 0.25) is 0 Å². The maximum atomic E-state index is 7.00. The smallest absolute Gasteiger partial charge is 0.0892 e. The van der Waals surface area contributed by atoms with E-state index in [0.29, 0.717) is 0 Å². The molecule has 4 nitrogen and oxygen atoms in total. The largest absolute Gasteiger partial charge is 0.400 e. The number of rotatable bonds is 5. The van der Waals surface area contributed by atoms with E-state index in [2.05, 4.69) is 35.0 Å². The van der Waals surface area contributed by atoms with E-state index < -0.39 is 0 Å². The predicted octanol–water partition coefficient (Wildman–Crippen LogP) is 1.16. The molecule has 0 rings (SSSR count). The summed E-state index contributed by atoms with van der Waals surface area (Å²) in [7, 11) is 5.12. The van der Waals surface area contributed by atoms with Crippen molar-refractivity contribution in [3.8, 4) is 0 Å². The number of hydrogen-bond acceptors (Lipinski definition) is 4. The molecule has 0 fully saturated rings. The molecule has 14 heavy (non-hydrogen) atoms. The van der Waals surface area contributed by atoms with Crippen molar-refractivity contribution in [2.75, 3.05) is 40.8 Å². The Labute approximate surface area is 93.2 Å². The summed E-state index contributed by atoms with van der Waals surface area (Å²) in [6.07, 6.45) is 1.08. The molecular formula is C9H22ClN3O. The van der Waals surface area contributed by atoms with Crippen molar-refractivity contribution in [2.24, 2.45) is 9.98 Å². The lowest BCUT2D eigenvalue weighted by atomic mass is 10.4. The third kappa shape index (κ3) is 22.6. The minimum Gasteiger partial charge on any atom is -0.400 e. The van der Waals surface area contributed by atoms with Crippen LogP contribution in [0.4, 0.5) is 0 Å². The molecule has 0 aromatic rings. The Morgan fingerprint density at radius 1 is 1.21 bits per heavy atom. The average Bonchev–Trinajstić information content (AvgIpc) is 2.14. The molecule has 0 atom stereocenters. The summed E-state index contributed by atoms with van der Waals surface area (Å²) in [6, 6.07) is 2.64. The van der Waals surface area contributed by atoms with Crippen molar-refractivity contribution in [1.82, 2.24) is 4.90 Å². The molecule has 0 aliphatic heterocycles.